The van der Waals surface area contributed by atoms with Crippen molar-refractivity contribution in [1.29, 1.82) is 0 Å². The molecule has 0 bridgehead atoms. The second-order valence-corrected chi connectivity index (χ2v) is 13.2. The zero-order chi connectivity index (χ0) is 34.2. The quantitative estimate of drug-likeness (QED) is 0.188. The van der Waals surface area contributed by atoms with E-state index < -0.39 is 0 Å². The third-order valence-corrected chi connectivity index (χ3v) is 10.2. The third-order valence-electron chi connectivity index (χ3n) is 10.2. The zero-order valence-electron chi connectivity index (χ0n) is 27.9. The number of hydrogen-bond acceptors (Lipinski definition) is 4. The van der Waals surface area contributed by atoms with Crippen molar-refractivity contribution < 1.29 is 4.42 Å². The first kappa shape index (κ1) is 28.7. The van der Waals surface area contributed by atoms with Gasteiger partial charge in [-0.15, -0.1) is 0 Å². The van der Waals surface area contributed by atoms with Gasteiger partial charge in [0.25, 0.3) is 0 Å². The molecule has 0 aliphatic heterocycles. The monoisotopic (exact) mass is 664 g/mol. The standard InChI is InChI=1S/C47H28N4O/c1-2-13-30(14-3-1)45-48-46(34-23-22-29-12-4-5-15-31(29)26-34)50-47(49-45)37-24-25-41(51-39-20-10-8-18-35(39)36-19-9-11-21-40(36)51)44-43(37)38-27-32-16-6-7-17-33(32)28-42(38)52-44/h1-28H. The van der Waals surface area contributed by atoms with Gasteiger partial charge in [0.2, 0.25) is 0 Å². The van der Waals surface area contributed by atoms with E-state index in [0.717, 1.165) is 71.5 Å². The Hall–Kier alpha value is -7.11. The Labute approximate surface area is 298 Å². The van der Waals surface area contributed by atoms with E-state index in [9.17, 15) is 0 Å². The Kier molecular flexibility index (Phi) is 6.18. The van der Waals surface area contributed by atoms with Crippen LogP contribution in [0.4, 0.5) is 0 Å². The molecule has 0 saturated carbocycles. The molecule has 0 fully saturated rings. The van der Waals surface area contributed by atoms with E-state index in [2.05, 4.69) is 144 Å². The van der Waals surface area contributed by atoms with Gasteiger partial charge in [0.1, 0.15) is 5.58 Å². The van der Waals surface area contributed by atoms with Crippen LogP contribution in [0, 0.1) is 0 Å². The summed E-state index contributed by atoms with van der Waals surface area (Å²) in [6, 6.07) is 59.1. The van der Waals surface area contributed by atoms with Crippen LogP contribution in [0.3, 0.4) is 0 Å². The molecule has 0 unspecified atom stereocenters. The van der Waals surface area contributed by atoms with Gasteiger partial charge < -0.3 is 8.98 Å². The number of rotatable bonds is 4. The molecule has 3 heterocycles. The number of aromatic nitrogens is 4. The van der Waals surface area contributed by atoms with Gasteiger partial charge in [-0.05, 0) is 64.0 Å². The minimum Gasteiger partial charge on any atom is -0.454 e. The van der Waals surface area contributed by atoms with Gasteiger partial charge in [-0.3, -0.25) is 0 Å². The number of para-hydroxylation sites is 2. The van der Waals surface area contributed by atoms with Crippen molar-refractivity contribution in [3.8, 4) is 39.9 Å². The van der Waals surface area contributed by atoms with Gasteiger partial charge in [0.05, 0.1) is 16.7 Å². The van der Waals surface area contributed by atoms with Gasteiger partial charge in [0.15, 0.2) is 23.1 Å². The van der Waals surface area contributed by atoms with Crippen LogP contribution in [0.5, 0.6) is 0 Å². The third kappa shape index (κ3) is 4.39. The predicted molar refractivity (Wildman–Crippen MR) is 213 cm³/mol. The summed E-state index contributed by atoms with van der Waals surface area (Å²) in [4.78, 5) is 15.5. The normalized spacial score (nSPS) is 11.8. The van der Waals surface area contributed by atoms with Crippen molar-refractivity contribution in [3.63, 3.8) is 0 Å². The summed E-state index contributed by atoms with van der Waals surface area (Å²) in [6.07, 6.45) is 0. The first-order valence-corrected chi connectivity index (χ1v) is 17.4. The average Bonchev–Trinajstić information content (AvgIpc) is 3.75. The van der Waals surface area contributed by atoms with Crippen LogP contribution in [0.15, 0.2) is 174 Å². The smallest absolute Gasteiger partial charge is 0.164 e. The van der Waals surface area contributed by atoms with Gasteiger partial charge in [-0.25, -0.2) is 15.0 Å². The Morgan fingerprint density at radius 2 is 0.981 bits per heavy atom. The van der Waals surface area contributed by atoms with Crippen molar-refractivity contribution in [2.45, 2.75) is 0 Å². The lowest BCUT2D eigenvalue weighted by atomic mass is 10.0. The lowest BCUT2D eigenvalue weighted by Crippen LogP contribution is -2.01. The van der Waals surface area contributed by atoms with E-state index in [4.69, 9.17) is 19.4 Å². The number of furan rings is 1. The Balaban J connectivity index is 1.24. The molecule has 52 heavy (non-hydrogen) atoms. The SMILES string of the molecule is c1ccc(-c2nc(-c3ccc4ccccc4c3)nc(-c3ccc(-n4c5ccccc5c5ccccc54)c4oc5cc6ccccc6cc5c34)n2)cc1. The van der Waals surface area contributed by atoms with Crippen LogP contribution >= 0.6 is 0 Å². The van der Waals surface area contributed by atoms with Crippen LogP contribution in [0.2, 0.25) is 0 Å². The highest BCUT2D eigenvalue weighted by Crippen LogP contribution is 2.43. The largest absolute Gasteiger partial charge is 0.454 e. The first-order valence-electron chi connectivity index (χ1n) is 17.4. The van der Waals surface area contributed by atoms with E-state index in [1.807, 2.05) is 30.3 Å². The molecule has 0 saturated heterocycles. The van der Waals surface area contributed by atoms with E-state index in [1.54, 1.807) is 0 Å². The van der Waals surface area contributed by atoms with Crippen molar-refractivity contribution in [3.05, 3.63) is 170 Å². The topological polar surface area (TPSA) is 56.7 Å². The Morgan fingerprint density at radius 3 is 1.71 bits per heavy atom. The fraction of sp³-hybridized carbons (Fsp3) is 0. The van der Waals surface area contributed by atoms with Crippen LogP contribution in [0.1, 0.15) is 0 Å². The van der Waals surface area contributed by atoms with Crippen molar-refractivity contribution >= 4 is 65.3 Å². The number of benzene rings is 8. The van der Waals surface area contributed by atoms with E-state index in [1.165, 1.54) is 16.2 Å². The molecule has 0 aliphatic carbocycles. The molecular weight excluding hydrogens is 637 g/mol. The van der Waals surface area contributed by atoms with Crippen LogP contribution in [0.25, 0.3) is 105 Å². The maximum Gasteiger partial charge on any atom is 0.164 e. The summed E-state index contributed by atoms with van der Waals surface area (Å²) in [6.45, 7) is 0. The van der Waals surface area contributed by atoms with E-state index >= 15 is 0 Å². The molecule has 11 aromatic rings. The number of fused-ring (bicyclic) bond motifs is 8. The molecule has 5 heteroatoms. The average molecular weight is 665 g/mol. The molecule has 0 radical (unpaired) electrons. The highest BCUT2D eigenvalue weighted by Gasteiger charge is 2.23. The lowest BCUT2D eigenvalue weighted by molar-refractivity contribution is 0.667. The Morgan fingerprint density at radius 1 is 0.404 bits per heavy atom. The molecule has 0 aliphatic rings. The molecule has 0 amide bonds. The van der Waals surface area contributed by atoms with Crippen LogP contribution in [-0.4, -0.2) is 19.5 Å². The Bertz CT molecular complexity index is 3140. The van der Waals surface area contributed by atoms with Gasteiger partial charge in [0, 0.05) is 38.2 Å². The molecule has 3 aromatic heterocycles. The highest BCUT2D eigenvalue weighted by atomic mass is 16.3. The van der Waals surface area contributed by atoms with E-state index in [-0.39, 0.29) is 0 Å². The highest BCUT2D eigenvalue weighted by molar-refractivity contribution is 6.18. The second kappa shape index (κ2) is 11.2. The van der Waals surface area contributed by atoms with Crippen LogP contribution < -0.4 is 0 Å². The maximum absolute atomic E-state index is 6.96. The fourth-order valence-corrected chi connectivity index (χ4v) is 7.77. The first-order chi connectivity index (χ1) is 25.8. The minimum absolute atomic E-state index is 0.589. The summed E-state index contributed by atoms with van der Waals surface area (Å²) in [5.41, 5.74) is 7.54. The zero-order valence-corrected chi connectivity index (χ0v) is 27.9. The number of hydrogen-bond donors (Lipinski definition) is 0. The van der Waals surface area contributed by atoms with Crippen molar-refractivity contribution in [1.82, 2.24) is 19.5 Å². The second-order valence-electron chi connectivity index (χ2n) is 13.2. The molecule has 0 atom stereocenters. The van der Waals surface area contributed by atoms with Crippen molar-refractivity contribution in [2.75, 3.05) is 0 Å². The summed E-state index contributed by atoms with van der Waals surface area (Å²) in [5.74, 6) is 1.82. The number of nitrogens with zero attached hydrogens (tertiary/aromatic N) is 4. The van der Waals surface area contributed by atoms with Crippen LogP contribution in [-0.2, 0) is 0 Å². The summed E-state index contributed by atoms with van der Waals surface area (Å²) < 4.78 is 9.28. The van der Waals surface area contributed by atoms with Gasteiger partial charge in [-0.1, -0.05) is 127 Å². The summed E-state index contributed by atoms with van der Waals surface area (Å²) in [7, 11) is 0. The molecule has 0 spiro atoms. The molecule has 5 nitrogen and oxygen atoms in total. The van der Waals surface area contributed by atoms with Crippen molar-refractivity contribution in [2.24, 2.45) is 0 Å². The predicted octanol–water partition coefficient (Wildman–Crippen LogP) is 12.2. The maximum atomic E-state index is 6.96. The molecular formula is C47H28N4O. The summed E-state index contributed by atoms with van der Waals surface area (Å²) >= 11 is 0. The lowest BCUT2D eigenvalue weighted by Gasteiger charge is -2.12. The molecule has 8 aromatic carbocycles. The van der Waals surface area contributed by atoms with E-state index in [0.29, 0.717) is 17.5 Å². The van der Waals surface area contributed by atoms with Gasteiger partial charge in [-0.2, -0.15) is 0 Å². The fourth-order valence-electron chi connectivity index (χ4n) is 7.77. The molecule has 11 rings (SSSR count). The minimum atomic E-state index is 0.589. The molecule has 242 valence electrons. The summed E-state index contributed by atoms with van der Waals surface area (Å²) in [5, 5.41) is 8.94. The van der Waals surface area contributed by atoms with Gasteiger partial charge >= 0.3 is 0 Å². The molecule has 0 N–H and O–H groups in total.